The first-order valence-corrected chi connectivity index (χ1v) is 13.5. The van der Waals surface area contributed by atoms with Gasteiger partial charge >= 0.3 is 0 Å². The summed E-state index contributed by atoms with van der Waals surface area (Å²) in [6, 6.07) is 18.4. The Bertz CT molecular complexity index is 1340. The summed E-state index contributed by atoms with van der Waals surface area (Å²) in [5.74, 6) is -0.135. The molecule has 1 N–H and O–H groups in total. The number of carbonyl (C=O) groups is 2. The molecule has 37 heavy (non-hydrogen) atoms. The number of thiophene rings is 1. The molecule has 1 aliphatic rings. The minimum atomic E-state index is -0.825. The summed E-state index contributed by atoms with van der Waals surface area (Å²) in [5, 5.41) is 13.4. The van der Waals surface area contributed by atoms with Crippen molar-refractivity contribution in [2.24, 2.45) is 0 Å². The predicted octanol–water partition coefficient (Wildman–Crippen LogP) is 4.69. The Labute approximate surface area is 220 Å². The van der Waals surface area contributed by atoms with Crippen LogP contribution < -0.4 is 10.2 Å². The number of benzene rings is 2. The van der Waals surface area contributed by atoms with Crippen LogP contribution in [0.2, 0.25) is 0 Å². The Balaban J connectivity index is 1.50. The van der Waals surface area contributed by atoms with Crippen molar-refractivity contribution in [3.63, 3.8) is 0 Å². The number of amides is 2. The molecule has 0 radical (unpaired) electrons. The smallest absolute Gasteiger partial charge is 0.249 e. The molecule has 1 fully saturated rings. The normalized spacial score (nSPS) is 16.2. The lowest BCUT2D eigenvalue weighted by Crippen LogP contribution is -2.46. The number of nitrogens with zero attached hydrogens (tertiary/aromatic N) is 4. The molecule has 0 aliphatic carbocycles. The fourth-order valence-electron chi connectivity index (χ4n) is 4.63. The second kappa shape index (κ2) is 11.2. The zero-order chi connectivity index (χ0) is 25.8. The van der Waals surface area contributed by atoms with E-state index in [9.17, 15) is 9.59 Å². The van der Waals surface area contributed by atoms with Crippen LogP contribution in [-0.2, 0) is 20.9 Å². The number of rotatable bonds is 9. The molecule has 0 saturated carbocycles. The van der Waals surface area contributed by atoms with E-state index in [0.717, 1.165) is 28.8 Å². The number of aromatic nitrogens is 3. The minimum Gasteiger partial charge on any atom is -0.376 e. The summed E-state index contributed by atoms with van der Waals surface area (Å²) in [5.41, 5.74) is 3.30. The third-order valence-electron chi connectivity index (χ3n) is 6.66. The summed E-state index contributed by atoms with van der Waals surface area (Å²) in [7, 11) is 0. The zero-order valence-corrected chi connectivity index (χ0v) is 21.9. The summed E-state index contributed by atoms with van der Waals surface area (Å²) in [6.07, 6.45) is 1.92. The molecule has 3 heterocycles. The third-order valence-corrected chi connectivity index (χ3v) is 7.58. The van der Waals surface area contributed by atoms with Crippen molar-refractivity contribution in [3.05, 3.63) is 76.5 Å². The van der Waals surface area contributed by atoms with E-state index in [2.05, 4.69) is 29.5 Å². The first-order valence-electron chi connectivity index (χ1n) is 12.6. The van der Waals surface area contributed by atoms with Gasteiger partial charge in [-0.3, -0.25) is 14.5 Å². The van der Waals surface area contributed by atoms with Gasteiger partial charge in [0, 0.05) is 23.7 Å². The fraction of sp³-hybridized carbons (Fsp3) is 0.357. The highest BCUT2D eigenvalue weighted by molar-refractivity contribution is 7.10. The number of fused-ring (bicyclic) bond motifs is 1. The Kier molecular flexibility index (Phi) is 7.62. The number of para-hydroxylation sites is 1. The Morgan fingerprint density at radius 3 is 2.65 bits per heavy atom. The molecule has 1 saturated heterocycles. The van der Waals surface area contributed by atoms with Gasteiger partial charge in [0.25, 0.3) is 0 Å². The summed E-state index contributed by atoms with van der Waals surface area (Å²) >= 11 is 1.46. The lowest BCUT2D eigenvalue weighted by Gasteiger charge is -2.31. The average Bonchev–Trinajstić information content (AvgIpc) is 3.69. The van der Waals surface area contributed by atoms with Gasteiger partial charge in [0.1, 0.15) is 18.1 Å². The van der Waals surface area contributed by atoms with Gasteiger partial charge < -0.3 is 10.1 Å². The van der Waals surface area contributed by atoms with E-state index >= 15 is 0 Å². The summed E-state index contributed by atoms with van der Waals surface area (Å²) in [4.78, 5) is 30.1. The molecule has 2 aromatic heterocycles. The van der Waals surface area contributed by atoms with Crippen molar-refractivity contribution in [1.82, 2.24) is 20.3 Å². The molecule has 0 unspecified atom stereocenters. The van der Waals surface area contributed by atoms with E-state index in [1.54, 1.807) is 9.58 Å². The second-order valence-corrected chi connectivity index (χ2v) is 10.5. The van der Waals surface area contributed by atoms with Crippen LogP contribution in [0.25, 0.3) is 11.0 Å². The van der Waals surface area contributed by atoms with Gasteiger partial charge in [-0.2, -0.15) is 0 Å². The first-order chi connectivity index (χ1) is 18.0. The predicted molar refractivity (Wildman–Crippen MR) is 145 cm³/mol. The highest BCUT2D eigenvalue weighted by Crippen LogP contribution is 2.32. The van der Waals surface area contributed by atoms with Crippen LogP contribution in [0.5, 0.6) is 0 Å². The quantitative estimate of drug-likeness (QED) is 0.348. The van der Waals surface area contributed by atoms with E-state index in [-0.39, 0.29) is 24.5 Å². The van der Waals surface area contributed by atoms with Gasteiger partial charge in [0.15, 0.2) is 0 Å². The van der Waals surface area contributed by atoms with Crippen molar-refractivity contribution >= 4 is 39.9 Å². The van der Waals surface area contributed by atoms with Crippen LogP contribution >= 0.6 is 11.3 Å². The molecule has 0 bridgehead atoms. The number of ether oxygens (including phenoxy) is 1. The Hall–Kier alpha value is -3.56. The largest absolute Gasteiger partial charge is 0.376 e. The van der Waals surface area contributed by atoms with E-state index in [1.165, 1.54) is 11.3 Å². The zero-order valence-electron chi connectivity index (χ0n) is 21.0. The SMILES string of the molecule is CC(C)c1ccc(N(C(=O)Cn2nnc3ccccc32)[C@@H](C(=O)NC[C@H]2CCCO2)c2cccs2)cc1. The van der Waals surface area contributed by atoms with Crippen molar-refractivity contribution < 1.29 is 14.3 Å². The Morgan fingerprint density at radius 1 is 1.14 bits per heavy atom. The molecule has 5 rings (SSSR count). The molecule has 8 nitrogen and oxygen atoms in total. The number of carbonyl (C=O) groups excluding carboxylic acids is 2. The maximum absolute atomic E-state index is 14.0. The molecular formula is C28H31N5O3S. The highest BCUT2D eigenvalue weighted by atomic mass is 32.1. The molecule has 1 aliphatic heterocycles. The number of hydrogen-bond donors (Lipinski definition) is 1. The molecule has 9 heteroatoms. The lowest BCUT2D eigenvalue weighted by atomic mass is 10.0. The van der Waals surface area contributed by atoms with Crippen LogP contribution in [0.3, 0.4) is 0 Å². The molecule has 192 valence electrons. The molecule has 2 aromatic carbocycles. The van der Waals surface area contributed by atoms with Crippen molar-refractivity contribution in [3.8, 4) is 0 Å². The minimum absolute atomic E-state index is 0.00363. The third kappa shape index (κ3) is 5.57. The number of hydrogen-bond acceptors (Lipinski definition) is 6. The molecule has 2 amide bonds. The number of nitrogens with one attached hydrogen (secondary N) is 1. The van der Waals surface area contributed by atoms with Gasteiger partial charge in [-0.1, -0.05) is 49.4 Å². The van der Waals surface area contributed by atoms with Crippen molar-refractivity contribution in [2.75, 3.05) is 18.1 Å². The van der Waals surface area contributed by atoms with Gasteiger partial charge in [-0.05, 0) is 60.0 Å². The van der Waals surface area contributed by atoms with Gasteiger partial charge in [-0.15, -0.1) is 16.4 Å². The Morgan fingerprint density at radius 2 is 1.95 bits per heavy atom. The molecular weight excluding hydrogens is 486 g/mol. The second-order valence-electron chi connectivity index (χ2n) is 9.54. The van der Waals surface area contributed by atoms with Crippen LogP contribution in [0.4, 0.5) is 5.69 Å². The van der Waals surface area contributed by atoms with Crippen LogP contribution in [-0.4, -0.2) is 46.1 Å². The fourth-order valence-corrected chi connectivity index (χ4v) is 5.45. The topological polar surface area (TPSA) is 89.4 Å². The molecule has 0 spiro atoms. The maximum Gasteiger partial charge on any atom is 0.249 e. The number of anilines is 1. The maximum atomic E-state index is 14.0. The van der Waals surface area contributed by atoms with Gasteiger partial charge in [-0.25, -0.2) is 4.68 Å². The van der Waals surface area contributed by atoms with Crippen molar-refractivity contribution in [1.29, 1.82) is 0 Å². The summed E-state index contributed by atoms with van der Waals surface area (Å²) < 4.78 is 7.29. The monoisotopic (exact) mass is 517 g/mol. The average molecular weight is 518 g/mol. The van der Waals surface area contributed by atoms with E-state index in [1.807, 2.05) is 66.0 Å². The van der Waals surface area contributed by atoms with Crippen molar-refractivity contribution in [2.45, 2.75) is 51.3 Å². The van der Waals surface area contributed by atoms with E-state index in [0.29, 0.717) is 30.3 Å². The highest BCUT2D eigenvalue weighted by Gasteiger charge is 2.34. The van der Waals surface area contributed by atoms with Crippen LogP contribution in [0.1, 0.15) is 49.1 Å². The molecule has 2 atom stereocenters. The standard InChI is InChI=1S/C28H31N5O3S/c1-19(2)20-11-13-21(14-12-20)33(26(34)18-32-24-9-4-3-8-23(24)30-31-32)27(25-10-6-16-37-25)28(35)29-17-22-7-5-15-36-22/h3-4,6,8-14,16,19,22,27H,5,7,15,17-18H2,1-2H3,(H,29,35)/t22-,27-/m1/s1. The first kappa shape index (κ1) is 25.1. The van der Waals surface area contributed by atoms with Crippen LogP contribution in [0, 0.1) is 0 Å². The molecule has 4 aromatic rings. The summed E-state index contributed by atoms with van der Waals surface area (Å²) in [6.45, 7) is 5.34. The van der Waals surface area contributed by atoms with E-state index in [4.69, 9.17) is 4.74 Å². The van der Waals surface area contributed by atoms with Gasteiger partial charge in [0.05, 0.1) is 11.6 Å². The van der Waals surface area contributed by atoms with Gasteiger partial charge in [0.2, 0.25) is 11.8 Å². The lowest BCUT2D eigenvalue weighted by molar-refractivity contribution is -0.127. The van der Waals surface area contributed by atoms with E-state index < -0.39 is 6.04 Å². The van der Waals surface area contributed by atoms with Crippen LogP contribution in [0.15, 0.2) is 66.0 Å².